The molecule has 0 aliphatic heterocycles. The van der Waals surface area contributed by atoms with E-state index in [1.165, 1.54) is 0 Å². The first-order valence-corrected chi connectivity index (χ1v) is 6.76. The van der Waals surface area contributed by atoms with Crippen LogP contribution in [0.25, 0.3) is 0 Å². The number of rotatable bonds is 5. The van der Waals surface area contributed by atoms with Crippen LogP contribution in [0.5, 0.6) is 11.5 Å². The summed E-state index contributed by atoms with van der Waals surface area (Å²) in [4.78, 5) is 0. The van der Waals surface area contributed by atoms with Crippen molar-refractivity contribution in [3.8, 4) is 11.5 Å². The van der Waals surface area contributed by atoms with Crippen molar-refractivity contribution in [2.75, 3.05) is 7.11 Å². The molecule has 0 spiro atoms. The molecule has 0 atom stereocenters. The lowest BCUT2D eigenvalue weighted by Gasteiger charge is -2.09. The summed E-state index contributed by atoms with van der Waals surface area (Å²) in [5.74, 6) is 1.65. The summed E-state index contributed by atoms with van der Waals surface area (Å²) >= 11 is 3.46. The maximum absolute atomic E-state index is 5.72. The zero-order valence-electron chi connectivity index (χ0n) is 10.7. The highest BCUT2D eigenvalue weighted by atomic mass is 79.9. The zero-order chi connectivity index (χ0) is 13.7. The molecule has 0 unspecified atom stereocenters. The van der Waals surface area contributed by atoms with Gasteiger partial charge in [0.25, 0.3) is 0 Å². The largest absolute Gasteiger partial charge is 0.496 e. The van der Waals surface area contributed by atoms with E-state index < -0.39 is 0 Å². The summed E-state index contributed by atoms with van der Waals surface area (Å²) in [6.07, 6.45) is 0. The Hall–Kier alpha value is -1.52. The van der Waals surface area contributed by atoms with Gasteiger partial charge in [-0.05, 0) is 51.3 Å². The van der Waals surface area contributed by atoms with Gasteiger partial charge in [0, 0.05) is 6.54 Å². The third-order valence-electron chi connectivity index (χ3n) is 2.78. The monoisotopic (exact) mass is 321 g/mol. The quantitative estimate of drug-likeness (QED) is 0.916. The second kappa shape index (κ2) is 6.59. The van der Waals surface area contributed by atoms with E-state index in [0.717, 1.165) is 27.1 Å². The molecule has 0 aliphatic rings. The topological polar surface area (TPSA) is 44.5 Å². The zero-order valence-corrected chi connectivity index (χ0v) is 12.3. The molecule has 0 heterocycles. The molecule has 0 fully saturated rings. The third-order valence-corrected chi connectivity index (χ3v) is 3.40. The highest BCUT2D eigenvalue weighted by Crippen LogP contribution is 2.26. The van der Waals surface area contributed by atoms with Crippen molar-refractivity contribution in [3.05, 3.63) is 58.1 Å². The van der Waals surface area contributed by atoms with Gasteiger partial charge in [0.05, 0.1) is 11.6 Å². The lowest BCUT2D eigenvalue weighted by Crippen LogP contribution is -1.98. The predicted molar refractivity (Wildman–Crippen MR) is 79.4 cm³/mol. The SMILES string of the molecule is COc1ccc(COc2ccc(CN)cc2)cc1Br. The fraction of sp³-hybridized carbons (Fsp3) is 0.200. The normalized spacial score (nSPS) is 10.3. The molecule has 2 aromatic carbocycles. The minimum absolute atomic E-state index is 0.518. The standard InChI is InChI=1S/C15H16BrNO2/c1-18-15-7-4-12(8-14(15)16)10-19-13-5-2-11(9-17)3-6-13/h2-8H,9-10,17H2,1H3. The molecule has 100 valence electrons. The predicted octanol–water partition coefficient (Wildman–Crippen LogP) is 3.50. The van der Waals surface area contributed by atoms with Gasteiger partial charge < -0.3 is 15.2 Å². The molecule has 0 aliphatic carbocycles. The number of nitrogens with two attached hydrogens (primary N) is 1. The summed E-state index contributed by atoms with van der Waals surface area (Å²) in [6.45, 7) is 1.07. The number of hydrogen-bond donors (Lipinski definition) is 1. The van der Waals surface area contributed by atoms with Gasteiger partial charge in [-0.3, -0.25) is 0 Å². The molecule has 2 rings (SSSR count). The molecule has 3 nitrogen and oxygen atoms in total. The van der Waals surface area contributed by atoms with E-state index in [1.54, 1.807) is 7.11 Å². The second-order valence-corrected chi connectivity index (χ2v) is 4.96. The Morgan fingerprint density at radius 2 is 1.74 bits per heavy atom. The van der Waals surface area contributed by atoms with Crippen LogP contribution in [0, 0.1) is 0 Å². The number of methoxy groups -OCH3 is 1. The highest BCUT2D eigenvalue weighted by Gasteiger charge is 2.02. The van der Waals surface area contributed by atoms with Crippen molar-refractivity contribution >= 4 is 15.9 Å². The van der Waals surface area contributed by atoms with Crippen molar-refractivity contribution in [1.29, 1.82) is 0 Å². The van der Waals surface area contributed by atoms with Crippen LogP contribution in [0.2, 0.25) is 0 Å². The molecular weight excluding hydrogens is 306 g/mol. The minimum Gasteiger partial charge on any atom is -0.496 e. The van der Waals surface area contributed by atoms with Gasteiger partial charge in [-0.15, -0.1) is 0 Å². The van der Waals surface area contributed by atoms with E-state index >= 15 is 0 Å². The van der Waals surface area contributed by atoms with E-state index in [-0.39, 0.29) is 0 Å². The van der Waals surface area contributed by atoms with Crippen molar-refractivity contribution in [2.45, 2.75) is 13.2 Å². The van der Waals surface area contributed by atoms with Crippen LogP contribution in [0.4, 0.5) is 0 Å². The summed E-state index contributed by atoms with van der Waals surface area (Å²) in [5.41, 5.74) is 7.73. The molecule has 19 heavy (non-hydrogen) atoms. The second-order valence-electron chi connectivity index (χ2n) is 4.11. The molecule has 0 aromatic heterocycles. The fourth-order valence-corrected chi connectivity index (χ4v) is 2.28. The Bertz CT molecular complexity index is 540. The summed E-state index contributed by atoms with van der Waals surface area (Å²) in [5, 5.41) is 0. The molecular formula is C15H16BrNO2. The Morgan fingerprint density at radius 3 is 2.32 bits per heavy atom. The number of benzene rings is 2. The van der Waals surface area contributed by atoms with E-state index in [0.29, 0.717) is 13.2 Å². The number of halogens is 1. The van der Waals surface area contributed by atoms with Crippen LogP contribution in [0.1, 0.15) is 11.1 Å². The third kappa shape index (κ3) is 3.72. The Balaban J connectivity index is 1.99. The lowest BCUT2D eigenvalue weighted by atomic mass is 10.2. The molecule has 2 N–H and O–H groups in total. The van der Waals surface area contributed by atoms with Crippen molar-refractivity contribution < 1.29 is 9.47 Å². The smallest absolute Gasteiger partial charge is 0.133 e. The Kier molecular flexibility index (Phi) is 4.82. The van der Waals surface area contributed by atoms with Crippen LogP contribution < -0.4 is 15.2 Å². The van der Waals surface area contributed by atoms with E-state index in [2.05, 4.69) is 15.9 Å². The van der Waals surface area contributed by atoms with Gasteiger partial charge in [-0.1, -0.05) is 18.2 Å². The lowest BCUT2D eigenvalue weighted by molar-refractivity contribution is 0.306. The molecule has 0 amide bonds. The van der Waals surface area contributed by atoms with Crippen LogP contribution in [0.3, 0.4) is 0 Å². The molecule has 2 aromatic rings. The van der Waals surface area contributed by atoms with Gasteiger partial charge in [-0.25, -0.2) is 0 Å². The summed E-state index contributed by atoms with van der Waals surface area (Å²) in [7, 11) is 1.65. The van der Waals surface area contributed by atoms with Crippen LogP contribution >= 0.6 is 15.9 Å². The van der Waals surface area contributed by atoms with Gasteiger partial charge >= 0.3 is 0 Å². The first-order valence-electron chi connectivity index (χ1n) is 5.97. The van der Waals surface area contributed by atoms with Crippen LogP contribution in [-0.2, 0) is 13.2 Å². The summed E-state index contributed by atoms with van der Waals surface area (Å²) in [6, 6.07) is 13.7. The van der Waals surface area contributed by atoms with E-state index in [4.69, 9.17) is 15.2 Å². The molecule has 4 heteroatoms. The van der Waals surface area contributed by atoms with Gasteiger partial charge in [-0.2, -0.15) is 0 Å². The Labute approximate surface area is 121 Å². The minimum atomic E-state index is 0.518. The first-order chi connectivity index (χ1) is 9.22. The fourth-order valence-electron chi connectivity index (χ4n) is 1.69. The summed E-state index contributed by atoms with van der Waals surface area (Å²) < 4.78 is 11.8. The number of ether oxygens (including phenoxy) is 2. The van der Waals surface area contributed by atoms with Crippen LogP contribution in [-0.4, -0.2) is 7.11 Å². The van der Waals surface area contributed by atoms with Crippen molar-refractivity contribution in [2.24, 2.45) is 5.73 Å². The molecule has 0 bridgehead atoms. The number of hydrogen-bond acceptors (Lipinski definition) is 3. The van der Waals surface area contributed by atoms with Crippen molar-refractivity contribution in [3.63, 3.8) is 0 Å². The van der Waals surface area contributed by atoms with Crippen LogP contribution in [0.15, 0.2) is 46.9 Å². The van der Waals surface area contributed by atoms with Gasteiger partial charge in [0.1, 0.15) is 18.1 Å². The molecule has 0 radical (unpaired) electrons. The average Bonchev–Trinajstić information content (AvgIpc) is 2.46. The molecule has 0 saturated heterocycles. The van der Waals surface area contributed by atoms with Gasteiger partial charge in [0.2, 0.25) is 0 Å². The Morgan fingerprint density at radius 1 is 1.05 bits per heavy atom. The average molecular weight is 322 g/mol. The van der Waals surface area contributed by atoms with E-state index in [9.17, 15) is 0 Å². The van der Waals surface area contributed by atoms with Gasteiger partial charge in [0.15, 0.2) is 0 Å². The highest BCUT2D eigenvalue weighted by molar-refractivity contribution is 9.10. The maximum atomic E-state index is 5.72. The molecule has 0 saturated carbocycles. The first kappa shape index (κ1) is 13.9. The van der Waals surface area contributed by atoms with Crippen molar-refractivity contribution in [1.82, 2.24) is 0 Å². The maximum Gasteiger partial charge on any atom is 0.133 e. The van der Waals surface area contributed by atoms with E-state index in [1.807, 2.05) is 42.5 Å².